The number of carbonyl (C=O) groups excluding carboxylic acids is 1. The van der Waals surface area contributed by atoms with Crippen molar-refractivity contribution >= 4 is 32.8 Å². The van der Waals surface area contributed by atoms with Crippen molar-refractivity contribution in [1.82, 2.24) is 4.98 Å². The van der Waals surface area contributed by atoms with E-state index in [1.807, 2.05) is 0 Å². The Morgan fingerprint density at radius 3 is 2.57 bits per heavy atom. The summed E-state index contributed by atoms with van der Waals surface area (Å²) in [6.45, 7) is 0. The quantitative estimate of drug-likeness (QED) is 0.782. The van der Waals surface area contributed by atoms with E-state index >= 15 is 0 Å². The van der Waals surface area contributed by atoms with Crippen molar-refractivity contribution in [2.24, 2.45) is 0 Å². The second-order valence-corrected chi connectivity index (χ2v) is 3.46. The SMILES string of the molecule is O=C(Cl)c1nc(C(F)F)c(Br)cc1F. The normalized spacial score (nSPS) is 10.7. The monoisotopic (exact) mass is 287 g/mol. The van der Waals surface area contributed by atoms with Gasteiger partial charge in [-0.25, -0.2) is 18.2 Å². The number of aromatic nitrogens is 1. The van der Waals surface area contributed by atoms with Crippen molar-refractivity contribution < 1.29 is 18.0 Å². The minimum atomic E-state index is -2.90. The zero-order valence-corrected chi connectivity index (χ0v) is 8.74. The highest BCUT2D eigenvalue weighted by Crippen LogP contribution is 2.27. The van der Waals surface area contributed by atoms with Crippen LogP contribution >= 0.6 is 27.5 Å². The molecule has 0 aromatic carbocycles. The van der Waals surface area contributed by atoms with E-state index in [0.717, 1.165) is 6.07 Å². The summed E-state index contributed by atoms with van der Waals surface area (Å²) in [4.78, 5) is 13.7. The average molecular weight is 288 g/mol. The molecule has 1 heterocycles. The van der Waals surface area contributed by atoms with E-state index in [0.29, 0.717) is 0 Å². The Kier molecular flexibility index (Phi) is 3.49. The molecule has 76 valence electrons. The van der Waals surface area contributed by atoms with Crippen LogP contribution in [0.4, 0.5) is 13.2 Å². The third-order valence-electron chi connectivity index (χ3n) is 1.35. The van der Waals surface area contributed by atoms with Crippen LogP contribution in [0.2, 0.25) is 0 Å². The summed E-state index contributed by atoms with van der Waals surface area (Å²) in [6.07, 6.45) is -2.90. The number of hydrogen-bond donors (Lipinski definition) is 0. The van der Waals surface area contributed by atoms with Gasteiger partial charge < -0.3 is 0 Å². The molecule has 0 fully saturated rings. The molecule has 0 spiro atoms. The molecule has 2 nitrogen and oxygen atoms in total. The smallest absolute Gasteiger partial charge is 0.274 e. The largest absolute Gasteiger partial charge is 0.281 e. The lowest BCUT2D eigenvalue weighted by Gasteiger charge is -2.04. The van der Waals surface area contributed by atoms with Gasteiger partial charge in [-0.3, -0.25) is 4.79 Å². The summed E-state index contributed by atoms with van der Waals surface area (Å²) >= 11 is 7.63. The lowest BCUT2D eigenvalue weighted by Crippen LogP contribution is -2.04. The van der Waals surface area contributed by atoms with E-state index in [1.165, 1.54) is 0 Å². The first-order valence-corrected chi connectivity index (χ1v) is 4.44. The molecule has 0 N–H and O–H groups in total. The average Bonchev–Trinajstić information content (AvgIpc) is 2.02. The minimum absolute atomic E-state index is 0.202. The molecule has 0 aliphatic rings. The molecular weight excluding hydrogens is 286 g/mol. The highest BCUT2D eigenvalue weighted by atomic mass is 79.9. The Morgan fingerprint density at radius 2 is 2.14 bits per heavy atom. The van der Waals surface area contributed by atoms with Crippen molar-refractivity contribution in [2.45, 2.75) is 6.43 Å². The van der Waals surface area contributed by atoms with Gasteiger partial charge in [0.1, 0.15) is 5.69 Å². The van der Waals surface area contributed by atoms with Crippen molar-refractivity contribution in [3.05, 3.63) is 27.7 Å². The van der Waals surface area contributed by atoms with E-state index in [1.54, 1.807) is 0 Å². The van der Waals surface area contributed by atoms with Crippen molar-refractivity contribution in [3.8, 4) is 0 Å². The van der Waals surface area contributed by atoms with Crippen LogP contribution in [-0.4, -0.2) is 10.2 Å². The Bertz CT molecular complexity index is 385. The number of nitrogens with zero attached hydrogens (tertiary/aromatic N) is 1. The van der Waals surface area contributed by atoms with Crippen molar-refractivity contribution in [1.29, 1.82) is 0 Å². The second kappa shape index (κ2) is 4.27. The van der Waals surface area contributed by atoms with Crippen LogP contribution in [0.25, 0.3) is 0 Å². The first kappa shape index (κ1) is 11.5. The van der Waals surface area contributed by atoms with Crippen molar-refractivity contribution in [2.75, 3.05) is 0 Å². The molecule has 0 aliphatic carbocycles. The van der Waals surface area contributed by atoms with Gasteiger partial charge in [0.25, 0.3) is 11.7 Å². The topological polar surface area (TPSA) is 30.0 Å². The van der Waals surface area contributed by atoms with Crippen LogP contribution in [-0.2, 0) is 0 Å². The van der Waals surface area contributed by atoms with Crippen molar-refractivity contribution in [3.63, 3.8) is 0 Å². The number of halogens is 5. The van der Waals surface area contributed by atoms with Crippen LogP contribution in [0.1, 0.15) is 22.6 Å². The molecular formula is C7H2BrClF3NO. The Balaban J connectivity index is 3.34. The zero-order chi connectivity index (χ0) is 10.9. The first-order chi connectivity index (χ1) is 6.43. The molecule has 0 bridgehead atoms. The third kappa shape index (κ3) is 2.24. The lowest BCUT2D eigenvalue weighted by molar-refractivity contribution is 0.107. The summed E-state index contributed by atoms with van der Waals surface area (Å²) < 4.78 is 37.2. The maximum atomic E-state index is 12.9. The lowest BCUT2D eigenvalue weighted by atomic mass is 10.3. The van der Waals surface area contributed by atoms with Gasteiger partial charge >= 0.3 is 0 Å². The molecule has 0 atom stereocenters. The third-order valence-corrected chi connectivity index (χ3v) is 2.16. The highest BCUT2D eigenvalue weighted by molar-refractivity contribution is 9.10. The fourth-order valence-corrected chi connectivity index (χ4v) is 1.37. The molecule has 0 saturated heterocycles. The fraction of sp³-hybridized carbons (Fsp3) is 0.143. The molecule has 14 heavy (non-hydrogen) atoms. The number of carbonyl (C=O) groups is 1. The standard InChI is InChI=1S/C7H2BrClF3NO/c8-2-1-3(10)5(6(9)14)13-4(2)7(11)12/h1,7H. The fourth-order valence-electron chi connectivity index (χ4n) is 0.772. The summed E-state index contributed by atoms with van der Waals surface area (Å²) in [5.41, 5.74) is -1.51. The van der Waals surface area contributed by atoms with Crippen LogP contribution < -0.4 is 0 Å². The molecule has 7 heteroatoms. The molecule has 0 saturated carbocycles. The molecule has 0 aliphatic heterocycles. The predicted octanol–water partition coefficient (Wildman–Crippen LogP) is 3.30. The Morgan fingerprint density at radius 1 is 1.57 bits per heavy atom. The summed E-state index contributed by atoms with van der Waals surface area (Å²) in [5, 5.41) is -1.21. The minimum Gasteiger partial charge on any atom is -0.274 e. The molecule has 0 radical (unpaired) electrons. The van der Waals surface area contributed by atoms with Crippen LogP contribution in [0.5, 0.6) is 0 Å². The van der Waals surface area contributed by atoms with Gasteiger partial charge in [0.2, 0.25) is 0 Å². The molecule has 0 amide bonds. The highest BCUT2D eigenvalue weighted by Gasteiger charge is 2.20. The van der Waals surface area contributed by atoms with Crippen LogP contribution in [0.15, 0.2) is 10.5 Å². The summed E-state index contributed by atoms with van der Waals surface area (Å²) in [7, 11) is 0. The molecule has 1 rings (SSSR count). The number of alkyl halides is 2. The maximum Gasteiger partial charge on any atom is 0.281 e. The number of hydrogen-bond acceptors (Lipinski definition) is 2. The van der Waals surface area contributed by atoms with Gasteiger partial charge in [-0.15, -0.1) is 0 Å². The van der Waals surface area contributed by atoms with Gasteiger partial charge in [0.15, 0.2) is 11.5 Å². The maximum absolute atomic E-state index is 12.9. The van der Waals surface area contributed by atoms with E-state index in [9.17, 15) is 18.0 Å². The van der Waals surface area contributed by atoms with E-state index in [-0.39, 0.29) is 4.47 Å². The number of pyridine rings is 1. The molecule has 1 aromatic rings. The van der Waals surface area contributed by atoms with Gasteiger partial charge in [0, 0.05) is 4.47 Å². The van der Waals surface area contributed by atoms with Gasteiger partial charge in [-0.2, -0.15) is 0 Å². The van der Waals surface area contributed by atoms with Gasteiger partial charge in [-0.05, 0) is 33.6 Å². The zero-order valence-electron chi connectivity index (χ0n) is 6.40. The molecule has 0 unspecified atom stereocenters. The van der Waals surface area contributed by atoms with Crippen LogP contribution in [0, 0.1) is 5.82 Å². The van der Waals surface area contributed by atoms with Gasteiger partial charge in [-0.1, -0.05) is 0 Å². The van der Waals surface area contributed by atoms with E-state index < -0.39 is 28.9 Å². The first-order valence-electron chi connectivity index (χ1n) is 3.27. The number of rotatable bonds is 2. The van der Waals surface area contributed by atoms with E-state index in [2.05, 4.69) is 20.9 Å². The Hall–Kier alpha value is -0.620. The predicted molar refractivity (Wildman–Crippen MR) is 47.0 cm³/mol. The van der Waals surface area contributed by atoms with E-state index in [4.69, 9.17) is 11.6 Å². The molecule has 1 aromatic heterocycles. The Labute approximate surface area is 90.2 Å². The second-order valence-electron chi connectivity index (χ2n) is 2.26. The van der Waals surface area contributed by atoms with Crippen LogP contribution in [0.3, 0.4) is 0 Å². The summed E-state index contributed by atoms with van der Waals surface area (Å²) in [6, 6.07) is 0.726. The summed E-state index contributed by atoms with van der Waals surface area (Å²) in [5.74, 6) is -1.04. The van der Waals surface area contributed by atoms with Gasteiger partial charge in [0.05, 0.1) is 0 Å².